The van der Waals surface area contributed by atoms with Crippen LogP contribution in [0, 0.1) is 19.8 Å². The highest BCUT2D eigenvalue weighted by atomic mass is 16.5. The van der Waals surface area contributed by atoms with Crippen molar-refractivity contribution in [2.24, 2.45) is 5.92 Å². The lowest BCUT2D eigenvalue weighted by molar-refractivity contribution is 0.104. The number of carboxylic acid groups (broad SMARTS) is 1. The van der Waals surface area contributed by atoms with Gasteiger partial charge in [-0.25, -0.2) is 4.79 Å². The molecule has 6 nitrogen and oxygen atoms in total. The van der Waals surface area contributed by atoms with E-state index < -0.39 is 6.09 Å². The number of aromatic hydroxyl groups is 1. The Morgan fingerprint density at radius 3 is 2.47 bits per heavy atom. The summed E-state index contributed by atoms with van der Waals surface area (Å²) >= 11 is 0. The Balaban J connectivity index is 1.56. The number of hydrogen-bond acceptors (Lipinski definition) is 4. The third kappa shape index (κ3) is 5.41. The van der Waals surface area contributed by atoms with Crippen LogP contribution < -0.4 is 4.74 Å². The predicted molar refractivity (Wildman–Crippen MR) is 115 cm³/mol. The molecule has 1 saturated heterocycles. The van der Waals surface area contributed by atoms with Gasteiger partial charge in [-0.15, -0.1) is 0 Å². The summed E-state index contributed by atoms with van der Waals surface area (Å²) in [5.74, 6) is 1.19. The second-order valence-corrected chi connectivity index (χ2v) is 7.74. The van der Waals surface area contributed by atoms with Crippen molar-refractivity contribution in [2.45, 2.75) is 26.7 Å². The van der Waals surface area contributed by atoms with E-state index in [1.165, 1.54) is 11.0 Å². The van der Waals surface area contributed by atoms with Gasteiger partial charge in [-0.1, -0.05) is 12.1 Å². The van der Waals surface area contributed by atoms with Crippen LogP contribution in [0.4, 0.5) is 4.79 Å². The van der Waals surface area contributed by atoms with Crippen LogP contribution in [0.1, 0.15) is 39.9 Å². The van der Waals surface area contributed by atoms with Crippen molar-refractivity contribution in [3.63, 3.8) is 0 Å². The second-order valence-electron chi connectivity index (χ2n) is 7.74. The van der Waals surface area contributed by atoms with E-state index >= 15 is 0 Å². The quantitative estimate of drug-likeness (QED) is 0.535. The smallest absolute Gasteiger partial charge is 0.407 e. The Kier molecular flexibility index (Phi) is 6.77. The lowest BCUT2D eigenvalue weighted by atomic mass is 9.98. The molecule has 3 rings (SSSR count). The Labute approximate surface area is 176 Å². The maximum atomic E-state index is 12.6. The minimum atomic E-state index is -0.861. The summed E-state index contributed by atoms with van der Waals surface area (Å²) in [6.07, 6.45) is 4.00. The zero-order chi connectivity index (χ0) is 21.7. The molecule has 0 bridgehead atoms. The molecule has 0 unspecified atom stereocenters. The number of piperidine rings is 1. The normalized spacial score (nSPS) is 14.8. The highest BCUT2D eigenvalue weighted by molar-refractivity contribution is 6.07. The summed E-state index contributed by atoms with van der Waals surface area (Å²) in [7, 11) is 0. The minimum absolute atomic E-state index is 0.0918. The molecule has 0 aromatic heterocycles. The molecule has 2 aromatic rings. The molecule has 0 radical (unpaired) electrons. The molecule has 0 aliphatic carbocycles. The first-order valence-electron chi connectivity index (χ1n) is 10.1. The van der Waals surface area contributed by atoms with Crippen molar-refractivity contribution >= 4 is 18.0 Å². The predicted octanol–water partition coefficient (Wildman–Crippen LogP) is 4.67. The number of carbonyl (C=O) groups is 2. The Morgan fingerprint density at radius 2 is 1.83 bits per heavy atom. The number of phenols is 1. The Morgan fingerprint density at radius 1 is 1.10 bits per heavy atom. The van der Waals surface area contributed by atoms with E-state index in [-0.39, 0.29) is 11.5 Å². The largest absolute Gasteiger partial charge is 0.508 e. The standard InChI is InChI=1S/C24H27NO5/c1-16-14-20(30-15-19-9-11-25(12-10-19)24(28)29)5-6-21(16)23(27)8-4-18-3-7-22(26)17(2)13-18/h3-8,13-14,19,26H,9-12,15H2,1-2H3,(H,28,29). The van der Waals surface area contributed by atoms with E-state index in [0.29, 0.717) is 36.9 Å². The van der Waals surface area contributed by atoms with Crippen LogP contribution in [0.5, 0.6) is 11.5 Å². The molecule has 1 heterocycles. The molecular weight excluding hydrogens is 382 g/mol. The fourth-order valence-electron chi connectivity index (χ4n) is 3.55. The third-order valence-corrected chi connectivity index (χ3v) is 5.48. The van der Waals surface area contributed by atoms with Crippen LogP contribution in [0.2, 0.25) is 0 Å². The fraction of sp³-hybridized carbons (Fsp3) is 0.333. The van der Waals surface area contributed by atoms with Crippen LogP contribution in [0.3, 0.4) is 0 Å². The van der Waals surface area contributed by atoms with Gasteiger partial charge in [0.15, 0.2) is 5.78 Å². The molecule has 1 fully saturated rings. The van der Waals surface area contributed by atoms with Crippen LogP contribution in [-0.4, -0.2) is 46.7 Å². The van der Waals surface area contributed by atoms with Crippen LogP contribution in [0.15, 0.2) is 42.5 Å². The monoisotopic (exact) mass is 409 g/mol. The summed E-state index contributed by atoms with van der Waals surface area (Å²) in [4.78, 5) is 25.0. The number of ketones is 1. The average Bonchev–Trinajstić information content (AvgIpc) is 2.73. The number of phenolic OH excluding ortho intramolecular Hbond substituents is 1. The van der Waals surface area contributed by atoms with E-state index in [9.17, 15) is 14.7 Å². The lowest BCUT2D eigenvalue weighted by Crippen LogP contribution is -2.38. The average molecular weight is 409 g/mol. The van der Waals surface area contributed by atoms with E-state index in [1.807, 2.05) is 26.0 Å². The second kappa shape index (κ2) is 9.48. The molecule has 158 valence electrons. The van der Waals surface area contributed by atoms with Gasteiger partial charge in [-0.3, -0.25) is 4.79 Å². The van der Waals surface area contributed by atoms with Gasteiger partial charge in [-0.2, -0.15) is 0 Å². The number of allylic oxidation sites excluding steroid dienone is 1. The molecule has 1 amide bonds. The summed E-state index contributed by atoms with van der Waals surface area (Å²) in [6.45, 7) is 5.32. The van der Waals surface area contributed by atoms with Crippen molar-refractivity contribution in [3.05, 3.63) is 64.7 Å². The first-order chi connectivity index (χ1) is 14.3. The minimum Gasteiger partial charge on any atom is -0.508 e. The fourth-order valence-corrected chi connectivity index (χ4v) is 3.55. The number of rotatable bonds is 6. The number of likely N-dealkylation sites (tertiary alicyclic amines) is 1. The van der Waals surface area contributed by atoms with Crippen LogP contribution in [0.25, 0.3) is 6.08 Å². The summed E-state index contributed by atoms with van der Waals surface area (Å²) in [5, 5.41) is 18.6. The maximum absolute atomic E-state index is 12.6. The van der Waals surface area contributed by atoms with E-state index in [2.05, 4.69) is 0 Å². The number of benzene rings is 2. The van der Waals surface area contributed by atoms with Crippen molar-refractivity contribution < 1.29 is 24.5 Å². The molecule has 1 aliphatic rings. The SMILES string of the molecule is Cc1cc(C=CC(=O)c2ccc(OCC3CCN(C(=O)O)CC3)cc2C)ccc1O. The zero-order valence-corrected chi connectivity index (χ0v) is 17.3. The van der Waals surface area contributed by atoms with Crippen molar-refractivity contribution in [1.29, 1.82) is 0 Å². The van der Waals surface area contributed by atoms with Gasteiger partial charge in [0.05, 0.1) is 6.61 Å². The number of nitrogens with zero attached hydrogens (tertiary/aromatic N) is 1. The van der Waals surface area contributed by atoms with Crippen LogP contribution >= 0.6 is 0 Å². The highest BCUT2D eigenvalue weighted by Gasteiger charge is 2.22. The summed E-state index contributed by atoms with van der Waals surface area (Å²) in [5.41, 5.74) is 3.06. The maximum Gasteiger partial charge on any atom is 0.407 e. The molecule has 30 heavy (non-hydrogen) atoms. The van der Waals surface area contributed by atoms with Gasteiger partial charge in [0, 0.05) is 18.7 Å². The number of ether oxygens (including phenoxy) is 1. The Hall–Kier alpha value is -3.28. The van der Waals surface area contributed by atoms with Gasteiger partial charge in [0.1, 0.15) is 11.5 Å². The molecular formula is C24H27NO5. The summed E-state index contributed by atoms with van der Waals surface area (Å²) in [6, 6.07) is 10.6. The third-order valence-electron chi connectivity index (χ3n) is 5.48. The van der Waals surface area contributed by atoms with E-state index in [1.54, 1.807) is 30.3 Å². The van der Waals surface area contributed by atoms with E-state index in [0.717, 1.165) is 29.5 Å². The number of carbonyl (C=O) groups excluding carboxylic acids is 1. The first-order valence-corrected chi connectivity index (χ1v) is 10.1. The highest BCUT2D eigenvalue weighted by Crippen LogP contribution is 2.23. The molecule has 0 atom stereocenters. The number of aryl methyl sites for hydroxylation is 2. The molecule has 2 N–H and O–H groups in total. The van der Waals surface area contributed by atoms with Gasteiger partial charge in [0.25, 0.3) is 0 Å². The summed E-state index contributed by atoms with van der Waals surface area (Å²) < 4.78 is 5.89. The molecule has 2 aromatic carbocycles. The molecule has 0 spiro atoms. The van der Waals surface area contributed by atoms with Crippen LogP contribution in [-0.2, 0) is 0 Å². The number of amides is 1. The van der Waals surface area contributed by atoms with Crippen molar-refractivity contribution in [3.8, 4) is 11.5 Å². The molecule has 0 saturated carbocycles. The zero-order valence-electron chi connectivity index (χ0n) is 17.3. The Bertz CT molecular complexity index is 958. The lowest BCUT2D eigenvalue weighted by Gasteiger charge is -2.29. The number of hydrogen-bond donors (Lipinski definition) is 2. The van der Waals surface area contributed by atoms with Crippen molar-refractivity contribution in [2.75, 3.05) is 19.7 Å². The molecule has 6 heteroatoms. The van der Waals surface area contributed by atoms with Gasteiger partial charge >= 0.3 is 6.09 Å². The molecule has 1 aliphatic heterocycles. The first kappa shape index (κ1) is 21.4. The van der Waals surface area contributed by atoms with Gasteiger partial charge in [0.2, 0.25) is 0 Å². The van der Waals surface area contributed by atoms with Crippen molar-refractivity contribution in [1.82, 2.24) is 4.90 Å². The van der Waals surface area contributed by atoms with E-state index in [4.69, 9.17) is 9.84 Å². The topological polar surface area (TPSA) is 87.1 Å². The van der Waals surface area contributed by atoms with Gasteiger partial charge in [-0.05, 0) is 85.7 Å². The van der Waals surface area contributed by atoms with Gasteiger partial charge < -0.3 is 19.8 Å².